The first-order valence-corrected chi connectivity index (χ1v) is 10.1. The Morgan fingerprint density at radius 1 is 1.31 bits per heavy atom. The Hall–Kier alpha value is -2.09. The van der Waals surface area contributed by atoms with Crippen molar-refractivity contribution in [3.05, 3.63) is 58.6 Å². The summed E-state index contributed by atoms with van der Waals surface area (Å²) in [6, 6.07) is 12.3. The van der Waals surface area contributed by atoms with Crippen LogP contribution in [0.4, 0.5) is 5.69 Å². The van der Waals surface area contributed by atoms with Gasteiger partial charge >= 0.3 is 0 Å². The summed E-state index contributed by atoms with van der Waals surface area (Å²) < 4.78 is 22.8. The van der Waals surface area contributed by atoms with E-state index in [1.54, 1.807) is 0 Å². The normalized spacial score (nSPS) is 14.8. The van der Waals surface area contributed by atoms with Gasteiger partial charge in [-0.05, 0) is 43.2 Å². The lowest BCUT2D eigenvalue weighted by Crippen LogP contribution is -2.41. The molecule has 3 rings (SSSR count). The fraction of sp³-hybridized carbons (Fsp3) is 0.278. The number of benzene rings is 2. The summed E-state index contributed by atoms with van der Waals surface area (Å²) in [6.07, 6.45) is 0.999. The highest BCUT2D eigenvalue weighted by molar-refractivity contribution is 7.89. The van der Waals surface area contributed by atoms with Gasteiger partial charge in [0.25, 0.3) is 5.91 Å². The maximum Gasteiger partial charge on any atom is 0.251 e. The number of primary sulfonamides is 1. The molecule has 0 aliphatic carbocycles. The Bertz CT molecular complexity index is 946. The molecule has 2 aromatic rings. The molecule has 0 aromatic heterocycles. The van der Waals surface area contributed by atoms with Crippen LogP contribution < -0.4 is 15.4 Å². The number of hydrogen-bond acceptors (Lipinski definition) is 4. The number of halogens is 1. The fourth-order valence-electron chi connectivity index (χ4n) is 3.15. The summed E-state index contributed by atoms with van der Waals surface area (Å²) >= 11 is 5.93. The van der Waals surface area contributed by atoms with Crippen molar-refractivity contribution in [1.29, 1.82) is 0 Å². The van der Waals surface area contributed by atoms with E-state index in [-0.39, 0.29) is 27.4 Å². The molecule has 1 amide bonds. The molecule has 0 saturated heterocycles. The van der Waals surface area contributed by atoms with Crippen LogP contribution in [0.2, 0.25) is 5.02 Å². The molecule has 26 heavy (non-hydrogen) atoms. The van der Waals surface area contributed by atoms with E-state index in [4.69, 9.17) is 16.7 Å². The Labute approximate surface area is 158 Å². The molecule has 1 aliphatic heterocycles. The molecule has 0 fully saturated rings. The van der Waals surface area contributed by atoms with Gasteiger partial charge in [-0.2, -0.15) is 0 Å². The minimum Gasteiger partial charge on any atom is -0.366 e. The molecule has 0 bridgehead atoms. The lowest BCUT2D eigenvalue weighted by Gasteiger charge is -2.27. The van der Waals surface area contributed by atoms with Crippen molar-refractivity contribution in [3.8, 4) is 0 Å². The molecule has 0 saturated carbocycles. The number of nitrogens with one attached hydrogen (secondary N) is 1. The van der Waals surface area contributed by atoms with E-state index >= 15 is 0 Å². The van der Waals surface area contributed by atoms with Crippen molar-refractivity contribution in [2.24, 2.45) is 5.14 Å². The van der Waals surface area contributed by atoms with Crippen LogP contribution >= 0.6 is 11.6 Å². The minimum absolute atomic E-state index is 0.0679. The summed E-state index contributed by atoms with van der Waals surface area (Å²) in [5.74, 6) is -0.313. The number of rotatable bonds is 5. The monoisotopic (exact) mass is 393 g/mol. The second kappa shape index (κ2) is 7.26. The SMILES string of the molecule is CC(CNC(=O)c1ccc(S(N)(=O)=O)c(Cl)c1)N1CCc2ccccc21. The Kier molecular flexibility index (Phi) is 5.22. The number of carbonyl (C=O) groups is 1. The number of hydrogen-bond donors (Lipinski definition) is 2. The van der Waals surface area contributed by atoms with E-state index < -0.39 is 10.0 Å². The number of fused-ring (bicyclic) bond motifs is 1. The summed E-state index contributed by atoms with van der Waals surface area (Å²) in [6.45, 7) is 3.44. The first kappa shape index (κ1) is 18.7. The van der Waals surface area contributed by atoms with Crippen LogP contribution in [0.5, 0.6) is 0 Å². The van der Waals surface area contributed by atoms with E-state index in [1.807, 2.05) is 12.1 Å². The Morgan fingerprint density at radius 3 is 2.73 bits per heavy atom. The van der Waals surface area contributed by atoms with Crippen molar-refractivity contribution < 1.29 is 13.2 Å². The van der Waals surface area contributed by atoms with Crippen molar-refractivity contribution in [2.75, 3.05) is 18.0 Å². The maximum absolute atomic E-state index is 12.4. The van der Waals surface area contributed by atoms with Gasteiger partial charge in [0.2, 0.25) is 10.0 Å². The first-order valence-electron chi connectivity index (χ1n) is 8.22. The van der Waals surface area contributed by atoms with Crippen molar-refractivity contribution in [1.82, 2.24) is 5.32 Å². The van der Waals surface area contributed by atoms with Crippen LogP contribution in [0.3, 0.4) is 0 Å². The third-order valence-electron chi connectivity index (χ3n) is 4.51. The molecule has 2 aromatic carbocycles. The minimum atomic E-state index is -3.91. The highest BCUT2D eigenvalue weighted by atomic mass is 35.5. The molecule has 1 aliphatic rings. The number of sulfonamides is 1. The highest BCUT2D eigenvalue weighted by Crippen LogP contribution is 2.29. The lowest BCUT2D eigenvalue weighted by molar-refractivity contribution is 0.0951. The quantitative estimate of drug-likeness (QED) is 0.814. The van der Waals surface area contributed by atoms with Gasteiger partial charge in [0.15, 0.2) is 0 Å². The first-order chi connectivity index (χ1) is 12.3. The zero-order valence-electron chi connectivity index (χ0n) is 14.3. The third-order valence-corrected chi connectivity index (χ3v) is 5.91. The number of carbonyl (C=O) groups excluding carboxylic acids is 1. The molecular formula is C18H20ClN3O3S. The van der Waals surface area contributed by atoms with Gasteiger partial charge in [0, 0.05) is 30.4 Å². The van der Waals surface area contributed by atoms with E-state index in [0.717, 1.165) is 13.0 Å². The van der Waals surface area contributed by atoms with Gasteiger partial charge in [0.05, 0.1) is 5.02 Å². The molecule has 3 N–H and O–H groups in total. The highest BCUT2D eigenvalue weighted by Gasteiger charge is 2.23. The fourth-order valence-corrected chi connectivity index (χ4v) is 4.24. The molecular weight excluding hydrogens is 374 g/mol. The van der Waals surface area contributed by atoms with E-state index in [9.17, 15) is 13.2 Å². The second-order valence-electron chi connectivity index (χ2n) is 6.32. The molecule has 1 heterocycles. The molecule has 8 heteroatoms. The predicted molar refractivity (Wildman–Crippen MR) is 102 cm³/mol. The molecule has 138 valence electrons. The molecule has 0 spiro atoms. The van der Waals surface area contributed by atoms with Crippen molar-refractivity contribution >= 4 is 33.2 Å². The zero-order chi connectivity index (χ0) is 18.9. The summed E-state index contributed by atoms with van der Waals surface area (Å²) in [5.41, 5.74) is 2.81. The van der Waals surface area contributed by atoms with Gasteiger partial charge in [-0.1, -0.05) is 29.8 Å². The van der Waals surface area contributed by atoms with Gasteiger partial charge in [-0.15, -0.1) is 0 Å². The molecule has 6 nitrogen and oxygen atoms in total. The average molecular weight is 394 g/mol. The summed E-state index contributed by atoms with van der Waals surface area (Å²) in [5, 5.41) is 7.88. The summed E-state index contributed by atoms with van der Waals surface area (Å²) in [7, 11) is -3.91. The summed E-state index contributed by atoms with van der Waals surface area (Å²) in [4.78, 5) is 14.4. The topological polar surface area (TPSA) is 92.5 Å². The van der Waals surface area contributed by atoms with Crippen LogP contribution in [0.1, 0.15) is 22.8 Å². The number of anilines is 1. The number of nitrogens with two attached hydrogens (primary N) is 1. The zero-order valence-corrected chi connectivity index (χ0v) is 15.8. The number of nitrogens with zero attached hydrogens (tertiary/aromatic N) is 1. The van der Waals surface area contributed by atoms with Gasteiger partial charge in [-0.25, -0.2) is 13.6 Å². The van der Waals surface area contributed by atoms with Gasteiger partial charge in [-0.3, -0.25) is 4.79 Å². The third kappa shape index (κ3) is 3.85. The van der Waals surface area contributed by atoms with E-state index in [2.05, 4.69) is 29.3 Å². The maximum atomic E-state index is 12.4. The second-order valence-corrected chi connectivity index (χ2v) is 8.26. The number of para-hydroxylation sites is 1. The average Bonchev–Trinajstić information content (AvgIpc) is 3.02. The van der Waals surface area contributed by atoms with Crippen LogP contribution in [-0.4, -0.2) is 33.5 Å². The standard InChI is InChI=1S/C18H20ClN3O3S/c1-12(22-9-8-13-4-2-3-5-16(13)22)11-21-18(23)14-6-7-17(15(19)10-14)26(20,24)25/h2-7,10,12H,8-9,11H2,1H3,(H,21,23)(H2,20,24,25). The van der Waals surface area contributed by atoms with Gasteiger partial charge < -0.3 is 10.2 Å². The van der Waals surface area contributed by atoms with E-state index in [0.29, 0.717) is 6.54 Å². The predicted octanol–water partition coefficient (Wildman–Crippen LogP) is 2.17. The molecule has 1 atom stereocenters. The van der Waals surface area contributed by atoms with Crippen molar-refractivity contribution in [2.45, 2.75) is 24.3 Å². The van der Waals surface area contributed by atoms with Gasteiger partial charge in [0.1, 0.15) is 4.90 Å². The van der Waals surface area contributed by atoms with Crippen molar-refractivity contribution in [3.63, 3.8) is 0 Å². The van der Waals surface area contributed by atoms with Crippen LogP contribution in [0, 0.1) is 0 Å². The van der Waals surface area contributed by atoms with Crippen LogP contribution in [0.15, 0.2) is 47.4 Å². The Balaban J connectivity index is 1.65. The van der Waals surface area contributed by atoms with Crippen LogP contribution in [-0.2, 0) is 16.4 Å². The van der Waals surface area contributed by atoms with E-state index in [1.165, 1.54) is 29.4 Å². The smallest absolute Gasteiger partial charge is 0.251 e. The largest absolute Gasteiger partial charge is 0.366 e. The lowest BCUT2D eigenvalue weighted by atomic mass is 10.1. The number of amides is 1. The Morgan fingerprint density at radius 2 is 2.04 bits per heavy atom. The molecule has 0 radical (unpaired) electrons. The molecule has 1 unspecified atom stereocenters. The van der Waals surface area contributed by atoms with Crippen LogP contribution in [0.25, 0.3) is 0 Å².